The Morgan fingerprint density at radius 2 is 1.81 bits per heavy atom. The number of piperidine rings is 1. The van der Waals surface area contributed by atoms with Gasteiger partial charge in [0.2, 0.25) is 5.56 Å². The number of pyridine rings is 1. The highest BCUT2D eigenvalue weighted by atomic mass is 35.5. The summed E-state index contributed by atoms with van der Waals surface area (Å²) < 4.78 is 7.48. The largest absolute Gasteiger partial charge is 0.454 e. The minimum Gasteiger partial charge on any atom is -0.454 e. The number of rotatable bonds is 5. The second kappa shape index (κ2) is 10.0. The summed E-state index contributed by atoms with van der Waals surface area (Å²) in [5.74, 6) is 0.463. The molecule has 1 aliphatic heterocycles. The third-order valence-electron chi connectivity index (χ3n) is 6.47. The molecule has 2 N–H and O–H groups in total. The average molecular weight is 519 g/mol. The maximum absolute atomic E-state index is 13.0. The Morgan fingerprint density at radius 3 is 2.43 bits per heavy atom. The Bertz CT molecular complexity index is 1440. The predicted molar refractivity (Wildman–Crippen MR) is 145 cm³/mol. The highest BCUT2D eigenvalue weighted by Crippen LogP contribution is 2.36. The number of aromatic nitrogens is 1. The van der Waals surface area contributed by atoms with E-state index in [0.717, 1.165) is 12.8 Å². The SMILES string of the molecule is Cn1cc(-c2cccc(Oc3ccc(C(=O)NC4CC(C)(C)NC(C)(C)C4)cc3Cl)c2C#N)ccc1=O. The van der Waals surface area contributed by atoms with E-state index in [0.29, 0.717) is 33.8 Å². The van der Waals surface area contributed by atoms with Crippen molar-refractivity contribution in [3.63, 3.8) is 0 Å². The maximum atomic E-state index is 13.0. The number of aryl methyl sites for hydroxylation is 1. The monoisotopic (exact) mass is 518 g/mol. The number of amides is 1. The zero-order chi connectivity index (χ0) is 27.0. The van der Waals surface area contributed by atoms with Gasteiger partial charge in [-0.2, -0.15) is 5.26 Å². The van der Waals surface area contributed by atoms with E-state index in [2.05, 4.69) is 44.4 Å². The Balaban J connectivity index is 1.55. The summed E-state index contributed by atoms with van der Waals surface area (Å²) in [5, 5.41) is 16.9. The normalized spacial score (nSPS) is 16.6. The molecule has 0 unspecified atom stereocenters. The summed E-state index contributed by atoms with van der Waals surface area (Å²) in [6.45, 7) is 8.55. The van der Waals surface area contributed by atoms with Gasteiger partial charge in [0, 0.05) is 47.6 Å². The Kier molecular flexibility index (Phi) is 7.18. The second-order valence-corrected chi connectivity index (χ2v) is 11.3. The molecule has 0 bridgehead atoms. The molecule has 1 aromatic heterocycles. The fourth-order valence-corrected chi connectivity index (χ4v) is 5.48. The zero-order valence-electron chi connectivity index (χ0n) is 21.7. The van der Waals surface area contributed by atoms with Gasteiger partial charge in [0.15, 0.2) is 0 Å². The first-order valence-corrected chi connectivity index (χ1v) is 12.5. The van der Waals surface area contributed by atoms with Crippen LogP contribution in [-0.4, -0.2) is 27.6 Å². The molecule has 8 heteroatoms. The van der Waals surface area contributed by atoms with Gasteiger partial charge in [-0.15, -0.1) is 0 Å². The number of hydrogen-bond donors (Lipinski definition) is 2. The molecule has 0 spiro atoms. The van der Waals surface area contributed by atoms with Crippen LogP contribution >= 0.6 is 11.6 Å². The lowest BCUT2D eigenvalue weighted by Gasteiger charge is -2.46. The van der Waals surface area contributed by atoms with Gasteiger partial charge >= 0.3 is 0 Å². The van der Waals surface area contributed by atoms with Crippen molar-refractivity contribution in [1.82, 2.24) is 15.2 Å². The van der Waals surface area contributed by atoms with Crippen LogP contribution in [0.15, 0.2) is 59.5 Å². The van der Waals surface area contributed by atoms with E-state index in [4.69, 9.17) is 16.3 Å². The summed E-state index contributed by atoms with van der Waals surface area (Å²) in [6, 6.07) is 15.5. The van der Waals surface area contributed by atoms with Gasteiger partial charge in [-0.3, -0.25) is 9.59 Å². The number of hydrogen-bond acceptors (Lipinski definition) is 5. The third kappa shape index (κ3) is 6.04. The van der Waals surface area contributed by atoms with Crippen LogP contribution in [0.5, 0.6) is 11.5 Å². The van der Waals surface area contributed by atoms with E-state index < -0.39 is 0 Å². The third-order valence-corrected chi connectivity index (χ3v) is 6.77. The van der Waals surface area contributed by atoms with E-state index in [1.165, 1.54) is 10.6 Å². The maximum Gasteiger partial charge on any atom is 0.251 e. The van der Waals surface area contributed by atoms with Crippen LogP contribution in [0.3, 0.4) is 0 Å². The van der Waals surface area contributed by atoms with Crippen molar-refractivity contribution in [2.45, 2.75) is 57.7 Å². The fourth-order valence-electron chi connectivity index (χ4n) is 5.26. The van der Waals surface area contributed by atoms with Crippen LogP contribution < -0.4 is 20.9 Å². The van der Waals surface area contributed by atoms with Crippen molar-refractivity contribution in [1.29, 1.82) is 5.26 Å². The molecule has 7 nitrogen and oxygen atoms in total. The molecule has 1 fully saturated rings. The molecule has 0 atom stereocenters. The van der Waals surface area contributed by atoms with Crippen LogP contribution in [0.1, 0.15) is 56.5 Å². The quantitative estimate of drug-likeness (QED) is 0.471. The molecular weight excluding hydrogens is 488 g/mol. The van der Waals surface area contributed by atoms with Gasteiger partial charge in [0.1, 0.15) is 23.1 Å². The first-order valence-electron chi connectivity index (χ1n) is 12.2. The Hall–Kier alpha value is -3.60. The highest BCUT2D eigenvalue weighted by molar-refractivity contribution is 6.32. The standard InChI is InChI=1S/C29H31ClN4O3/c1-28(2)14-20(15-29(3,4)33-28)32-27(36)18-9-11-25(23(30)13-18)37-24-8-6-7-21(22(24)16-31)19-10-12-26(35)34(5)17-19/h6-13,17,20,33H,14-15H2,1-5H3,(H,32,36). The highest BCUT2D eigenvalue weighted by Gasteiger charge is 2.38. The number of nitrogens with zero attached hydrogens (tertiary/aromatic N) is 2. The van der Waals surface area contributed by atoms with Crippen molar-refractivity contribution in [2.24, 2.45) is 7.05 Å². The fraction of sp³-hybridized carbons (Fsp3) is 0.345. The van der Waals surface area contributed by atoms with Crippen LogP contribution in [0, 0.1) is 11.3 Å². The van der Waals surface area contributed by atoms with Crippen LogP contribution in [-0.2, 0) is 7.05 Å². The minimum absolute atomic E-state index is 0.0341. The van der Waals surface area contributed by atoms with Crippen molar-refractivity contribution in [3.8, 4) is 28.7 Å². The Labute approximate surface area is 222 Å². The Morgan fingerprint density at radius 1 is 1.11 bits per heavy atom. The van der Waals surface area contributed by atoms with Gasteiger partial charge in [0.05, 0.1) is 5.02 Å². The van der Waals surface area contributed by atoms with Gasteiger partial charge in [-0.1, -0.05) is 23.7 Å². The van der Waals surface area contributed by atoms with E-state index in [9.17, 15) is 14.9 Å². The number of halogens is 1. The van der Waals surface area contributed by atoms with Crippen LogP contribution in [0.2, 0.25) is 5.02 Å². The molecule has 2 heterocycles. The van der Waals surface area contributed by atoms with E-state index >= 15 is 0 Å². The number of benzene rings is 2. The first kappa shape index (κ1) is 26.5. The van der Waals surface area contributed by atoms with Crippen molar-refractivity contribution in [3.05, 3.63) is 81.2 Å². The summed E-state index contributed by atoms with van der Waals surface area (Å²) in [4.78, 5) is 24.8. The lowest BCUT2D eigenvalue weighted by Crippen LogP contribution is -2.62. The van der Waals surface area contributed by atoms with E-state index in [1.807, 2.05) is 0 Å². The molecule has 4 rings (SSSR count). The molecule has 37 heavy (non-hydrogen) atoms. The lowest BCUT2D eigenvalue weighted by molar-refractivity contribution is 0.0873. The molecule has 1 aliphatic rings. The van der Waals surface area contributed by atoms with Gasteiger partial charge in [0.25, 0.3) is 5.91 Å². The van der Waals surface area contributed by atoms with Crippen LogP contribution in [0.25, 0.3) is 11.1 Å². The van der Waals surface area contributed by atoms with Gasteiger partial charge in [-0.05, 0) is 76.4 Å². The molecule has 0 radical (unpaired) electrons. The van der Waals surface area contributed by atoms with Gasteiger partial charge < -0.3 is 19.9 Å². The first-order chi connectivity index (χ1) is 17.4. The molecule has 1 amide bonds. The summed E-state index contributed by atoms with van der Waals surface area (Å²) >= 11 is 6.51. The van der Waals surface area contributed by atoms with Crippen LogP contribution in [0.4, 0.5) is 0 Å². The summed E-state index contributed by atoms with van der Waals surface area (Å²) in [6.07, 6.45) is 3.31. The summed E-state index contributed by atoms with van der Waals surface area (Å²) in [5.41, 5.74) is 1.79. The second-order valence-electron chi connectivity index (χ2n) is 10.9. The lowest BCUT2D eigenvalue weighted by atomic mass is 9.79. The van der Waals surface area contributed by atoms with Crippen molar-refractivity contribution in [2.75, 3.05) is 0 Å². The summed E-state index contributed by atoms with van der Waals surface area (Å²) in [7, 11) is 1.66. The number of ether oxygens (including phenoxy) is 1. The number of nitrogens with one attached hydrogen (secondary N) is 2. The van der Waals surface area contributed by atoms with Gasteiger partial charge in [-0.25, -0.2) is 0 Å². The van der Waals surface area contributed by atoms with E-state index in [1.54, 1.807) is 55.7 Å². The number of nitriles is 1. The molecule has 3 aromatic rings. The molecule has 2 aromatic carbocycles. The minimum atomic E-state index is -0.193. The zero-order valence-corrected chi connectivity index (χ0v) is 22.4. The van der Waals surface area contributed by atoms with E-state index in [-0.39, 0.29) is 33.6 Å². The molecule has 0 aliphatic carbocycles. The average Bonchev–Trinajstić information content (AvgIpc) is 2.79. The number of carbonyl (C=O) groups excluding carboxylic acids is 1. The molecule has 1 saturated heterocycles. The number of carbonyl (C=O) groups is 1. The predicted octanol–water partition coefficient (Wildman–Crippen LogP) is 5.41. The smallest absolute Gasteiger partial charge is 0.251 e. The van der Waals surface area contributed by atoms with Crippen molar-refractivity contribution >= 4 is 17.5 Å². The molecule has 192 valence electrons. The topological polar surface area (TPSA) is 96.2 Å². The van der Waals surface area contributed by atoms with Crippen molar-refractivity contribution < 1.29 is 9.53 Å². The molecular formula is C29H31ClN4O3. The molecule has 0 saturated carbocycles.